The third-order valence-corrected chi connectivity index (χ3v) is 6.50. The second-order valence-corrected chi connectivity index (χ2v) is 10.9. The van der Waals surface area contributed by atoms with E-state index in [4.69, 9.17) is 4.74 Å². The zero-order chi connectivity index (χ0) is 28.9. The molecular formula is C32H36FN3O4. The summed E-state index contributed by atoms with van der Waals surface area (Å²) in [4.78, 5) is 29.3. The van der Waals surface area contributed by atoms with Crippen molar-refractivity contribution in [3.8, 4) is 28.0 Å². The summed E-state index contributed by atoms with van der Waals surface area (Å²) in [6.45, 7) is 7.70. The van der Waals surface area contributed by atoms with Crippen molar-refractivity contribution >= 4 is 22.9 Å². The Morgan fingerprint density at radius 2 is 1.62 bits per heavy atom. The van der Waals surface area contributed by atoms with Crippen LogP contribution in [0.15, 0.2) is 66.7 Å². The predicted molar refractivity (Wildman–Crippen MR) is 156 cm³/mol. The van der Waals surface area contributed by atoms with Gasteiger partial charge in [0, 0.05) is 29.1 Å². The highest BCUT2D eigenvalue weighted by Crippen LogP contribution is 2.35. The Balaban J connectivity index is 1.64. The van der Waals surface area contributed by atoms with Gasteiger partial charge in [-0.1, -0.05) is 56.2 Å². The molecule has 0 aliphatic heterocycles. The highest BCUT2D eigenvalue weighted by atomic mass is 19.1. The molecule has 2 amide bonds. The van der Waals surface area contributed by atoms with Gasteiger partial charge in [-0.15, -0.1) is 0 Å². The quantitative estimate of drug-likeness (QED) is 0.179. The van der Waals surface area contributed by atoms with Crippen LogP contribution >= 0.6 is 0 Å². The Labute approximate surface area is 233 Å². The lowest BCUT2D eigenvalue weighted by molar-refractivity contribution is 0.0498. The number of aromatic amines is 1. The first kappa shape index (κ1) is 28.7. The van der Waals surface area contributed by atoms with E-state index in [-0.39, 0.29) is 30.1 Å². The number of alkyl carbamates (subject to hydrolysis) is 1. The summed E-state index contributed by atoms with van der Waals surface area (Å²) < 4.78 is 18.9. The molecule has 3 aromatic carbocycles. The number of amides is 2. The van der Waals surface area contributed by atoms with E-state index < -0.39 is 11.7 Å². The Morgan fingerprint density at radius 3 is 2.27 bits per heavy atom. The van der Waals surface area contributed by atoms with Crippen LogP contribution < -0.4 is 10.6 Å². The number of H-pyrrole nitrogens is 1. The molecule has 7 nitrogen and oxygen atoms in total. The van der Waals surface area contributed by atoms with E-state index in [9.17, 15) is 19.1 Å². The average molecular weight is 546 g/mol. The molecule has 4 N–H and O–H groups in total. The van der Waals surface area contributed by atoms with Crippen molar-refractivity contribution in [2.75, 3.05) is 6.54 Å². The molecule has 0 aliphatic carbocycles. The van der Waals surface area contributed by atoms with Crippen LogP contribution in [0.2, 0.25) is 0 Å². The highest BCUT2D eigenvalue weighted by molar-refractivity contribution is 6.10. The first-order valence-corrected chi connectivity index (χ1v) is 13.5. The predicted octanol–water partition coefficient (Wildman–Crippen LogP) is 7.16. The summed E-state index contributed by atoms with van der Waals surface area (Å²) in [7, 11) is 0. The maximum atomic E-state index is 13.6. The summed E-state index contributed by atoms with van der Waals surface area (Å²) >= 11 is 0. The van der Waals surface area contributed by atoms with Gasteiger partial charge in [-0.3, -0.25) is 4.79 Å². The molecule has 0 radical (unpaired) electrons. The maximum absolute atomic E-state index is 13.6. The second kappa shape index (κ2) is 12.2. The number of carbonyl (C=O) groups excluding carboxylic acids is 2. The van der Waals surface area contributed by atoms with Gasteiger partial charge < -0.3 is 25.5 Å². The molecule has 8 heteroatoms. The standard InChI is InChI=1S/C32H36FN3O4/c1-5-6-7-24(35-31(39)40-32(2,3)4)19-34-30(38)29-28(21-10-15-25(37)16-11-21)26-17-12-22(18-27(26)36-29)20-8-13-23(33)14-9-20/h8-18,24,36-37H,5-7,19H2,1-4H3,(H,34,38)(H,35,39)/t24-/m0/s1. The molecule has 4 rings (SSSR count). The lowest BCUT2D eigenvalue weighted by atomic mass is 9.99. The third-order valence-electron chi connectivity index (χ3n) is 6.50. The van der Waals surface area contributed by atoms with Crippen molar-refractivity contribution in [2.45, 2.75) is 58.6 Å². The molecule has 1 heterocycles. The van der Waals surface area contributed by atoms with Crippen molar-refractivity contribution < 1.29 is 23.8 Å². The number of benzene rings is 3. The fourth-order valence-electron chi connectivity index (χ4n) is 4.57. The van der Waals surface area contributed by atoms with Gasteiger partial charge in [0.25, 0.3) is 5.91 Å². The average Bonchev–Trinajstić information content (AvgIpc) is 3.29. The van der Waals surface area contributed by atoms with Gasteiger partial charge in [-0.2, -0.15) is 0 Å². The van der Waals surface area contributed by atoms with E-state index in [2.05, 4.69) is 22.5 Å². The molecule has 210 valence electrons. The molecule has 0 fully saturated rings. The minimum Gasteiger partial charge on any atom is -0.508 e. The van der Waals surface area contributed by atoms with Crippen molar-refractivity contribution in [3.05, 3.63) is 78.2 Å². The number of hydrogen-bond donors (Lipinski definition) is 4. The molecule has 0 spiro atoms. The minimum atomic E-state index is -0.626. The van der Waals surface area contributed by atoms with Crippen LogP contribution in [0.4, 0.5) is 9.18 Å². The number of aromatic nitrogens is 1. The summed E-state index contributed by atoms with van der Waals surface area (Å²) in [6.07, 6.45) is 2.00. The Morgan fingerprint density at radius 1 is 0.975 bits per heavy atom. The molecule has 1 atom stereocenters. The number of fused-ring (bicyclic) bond motifs is 1. The van der Waals surface area contributed by atoms with Crippen molar-refractivity contribution in [1.82, 2.24) is 15.6 Å². The van der Waals surface area contributed by atoms with E-state index in [1.54, 1.807) is 57.2 Å². The summed E-state index contributed by atoms with van der Waals surface area (Å²) in [6, 6.07) is 18.4. The first-order valence-electron chi connectivity index (χ1n) is 13.5. The van der Waals surface area contributed by atoms with Crippen molar-refractivity contribution in [2.24, 2.45) is 0 Å². The van der Waals surface area contributed by atoms with Gasteiger partial charge in [0.1, 0.15) is 22.9 Å². The number of aromatic hydroxyl groups is 1. The molecule has 0 saturated carbocycles. The van der Waals surface area contributed by atoms with Crippen LogP contribution in [-0.2, 0) is 4.74 Å². The molecule has 0 aliphatic rings. The van der Waals surface area contributed by atoms with E-state index in [0.717, 1.165) is 40.4 Å². The molecule has 0 unspecified atom stereocenters. The van der Waals surface area contributed by atoms with Crippen molar-refractivity contribution in [3.63, 3.8) is 0 Å². The number of carbonyl (C=O) groups is 2. The number of phenols is 1. The Kier molecular flexibility index (Phi) is 8.77. The monoisotopic (exact) mass is 545 g/mol. The highest BCUT2D eigenvalue weighted by Gasteiger charge is 2.23. The van der Waals surface area contributed by atoms with Crippen LogP contribution in [0.5, 0.6) is 5.75 Å². The zero-order valence-electron chi connectivity index (χ0n) is 23.3. The van der Waals surface area contributed by atoms with E-state index in [1.165, 1.54) is 12.1 Å². The van der Waals surface area contributed by atoms with Crippen LogP contribution in [-0.4, -0.2) is 40.3 Å². The number of rotatable bonds is 9. The fourth-order valence-corrected chi connectivity index (χ4v) is 4.57. The van der Waals surface area contributed by atoms with Crippen LogP contribution in [0.1, 0.15) is 57.4 Å². The Bertz CT molecular complexity index is 1470. The van der Waals surface area contributed by atoms with Gasteiger partial charge in [0.2, 0.25) is 0 Å². The second-order valence-electron chi connectivity index (χ2n) is 10.9. The van der Waals surface area contributed by atoms with Crippen LogP contribution in [0.3, 0.4) is 0 Å². The lowest BCUT2D eigenvalue weighted by Crippen LogP contribution is -2.45. The van der Waals surface area contributed by atoms with Crippen LogP contribution in [0.25, 0.3) is 33.2 Å². The number of nitrogens with one attached hydrogen (secondary N) is 3. The fraction of sp³-hybridized carbons (Fsp3) is 0.312. The minimum absolute atomic E-state index is 0.125. The summed E-state index contributed by atoms with van der Waals surface area (Å²) in [5, 5.41) is 16.5. The molecule has 0 bridgehead atoms. The van der Waals surface area contributed by atoms with E-state index >= 15 is 0 Å². The molecule has 0 saturated heterocycles. The Hall–Kier alpha value is -4.33. The third kappa shape index (κ3) is 7.20. The van der Waals surface area contributed by atoms with Gasteiger partial charge in [-0.25, -0.2) is 9.18 Å². The van der Waals surface area contributed by atoms with Gasteiger partial charge in [0.15, 0.2) is 0 Å². The largest absolute Gasteiger partial charge is 0.508 e. The van der Waals surface area contributed by atoms with E-state index in [1.807, 2.05) is 18.2 Å². The van der Waals surface area contributed by atoms with E-state index in [0.29, 0.717) is 17.7 Å². The molecule has 40 heavy (non-hydrogen) atoms. The van der Waals surface area contributed by atoms with Gasteiger partial charge in [0.05, 0.1) is 0 Å². The molecule has 4 aromatic rings. The zero-order valence-corrected chi connectivity index (χ0v) is 23.3. The SMILES string of the molecule is CCCC[C@@H](CNC(=O)c1[nH]c2cc(-c3ccc(F)cc3)ccc2c1-c1ccc(O)cc1)NC(=O)OC(C)(C)C. The smallest absolute Gasteiger partial charge is 0.407 e. The number of ether oxygens (including phenoxy) is 1. The number of hydrogen-bond acceptors (Lipinski definition) is 4. The topological polar surface area (TPSA) is 103 Å². The first-order chi connectivity index (χ1) is 19.0. The summed E-state index contributed by atoms with van der Waals surface area (Å²) in [5.74, 6) is -0.507. The van der Waals surface area contributed by atoms with Crippen LogP contribution in [0, 0.1) is 5.82 Å². The maximum Gasteiger partial charge on any atom is 0.407 e. The summed E-state index contributed by atoms with van der Waals surface area (Å²) in [5.41, 5.74) is 3.66. The number of unbranched alkanes of at least 4 members (excludes halogenated alkanes) is 1. The van der Waals surface area contributed by atoms with Crippen molar-refractivity contribution in [1.29, 1.82) is 0 Å². The number of halogens is 1. The molecular weight excluding hydrogens is 509 g/mol. The number of phenolic OH excluding ortho intramolecular Hbond substituents is 1. The lowest BCUT2D eigenvalue weighted by Gasteiger charge is -2.24. The van der Waals surface area contributed by atoms with Gasteiger partial charge >= 0.3 is 6.09 Å². The van der Waals surface area contributed by atoms with Gasteiger partial charge in [-0.05, 0) is 74.2 Å². The normalized spacial score (nSPS) is 12.2. The molecule has 1 aromatic heterocycles.